The topological polar surface area (TPSA) is 58.3 Å². The van der Waals surface area contributed by atoms with Crippen LogP contribution in [0.3, 0.4) is 0 Å². The van der Waals surface area contributed by atoms with Gasteiger partial charge in [-0.1, -0.05) is 35.3 Å². The van der Waals surface area contributed by atoms with Crippen LogP contribution in [0.4, 0.5) is 11.8 Å². The predicted molar refractivity (Wildman–Crippen MR) is 114 cm³/mol. The second kappa shape index (κ2) is 8.02. The molecule has 0 atom stereocenters. The highest BCUT2D eigenvalue weighted by Gasteiger charge is 2.19. The third-order valence-corrected chi connectivity index (χ3v) is 6.09. The summed E-state index contributed by atoms with van der Waals surface area (Å²) in [7, 11) is 0. The zero-order valence-corrected chi connectivity index (χ0v) is 16.9. The van der Waals surface area contributed by atoms with E-state index in [0.29, 0.717) is 5.15 Å². The molecule has 0 amide bonds. The van der Waals surface area contributed by atoms with Crippen LogP contribution in [-0.4, -0.2) is 41.0 Å². The summed E-state index contributed by atoms with van der Waals surface area (Å²) in [6.45, 7) is 4.65. The van der Waals surface area contributed by atoms with Crippen molar-refractivity contribution in [3.63, 3.8) is 0 Å². The van der Waals surface area contributed by atoms with E-state index in [1.165, 1.54) is 15.3 Å². The van der Waals surface area contributed by atoms with Crippen molar-refractivity contribution in [3.05, 3.63) is 57.5 Å². The molecule has 27 heavy (non-hydrogen) atoms. The van der Waals surface area contributed by atoms with Crippen molar-refractivity contribution in [2.24, 2.45) is 0 Å². The molecule has 1 saturated heterocycles. The number of piperazine rings is 1. The summed E-state index contributed by atoms with van der Waals surface area (Å²) in [4.78, 5) is 15.5. The molecule has 1 aliphatic heterocycles. The van der Waals surface area contributed by atoms with E-state index < -0.39 is 0 Å². The van der Waals surface area contributed by atoms with Gasteiger partial charge < -0.3 is 10.6 Å². The van der Waals surface area contributed by atoms with Crippen molar-refractivity contribution in [2.75, 3.05) is 36.8 Å². The Kier molecular flexibility index (Phi) is 5.50. The van der Waals surface area contributed by atoms with Gasteiger partial charge >= 0.3 is 0 Å². The third kappa shape index (κ3) is 4.52. The van der Waals surface area contributed by atoms with Gasteiger partial charge in [-0.2, -0.15) is 4.98 Å². The van der Waals surface area contributed by atoms with Gasteiger partial charge in [0.25, 0.3) is 0 Å². The fraction of sp³-hybridized carbons (Fsp3) is 0.263. The average molecular weight is 420 g/mol. The number of aromatic nitrogens is 2. The molecule has 1 fully saturated rings. The van der Waals surface area contributed by atoms with E-state index in [1.54, 1.807) is 6.07 Å². The average Bonchev–Trinajstić information content (AvgIpc) is 3.10. The molecule has 1 aliphatic rings. The fourth-order valence-corrected chi connectivity index (χ4v) is 4.62. The number of nitrogen functional groups attached to an aromatic ring is 1. The molecule has 140 valence electrons. The van der Waals surface area contributed by atoms with Gasteiger partial charge in [-0.25, -0.2) is 4.98 Å². The van der Waals surface area contributed by atoms with Gasteiger partial charge in [-0.15, -0.1) is 11.3 Å². The minimum atomic E-state index is 0.215. The van der Waals surface area contributed by atoms with Crippen LogP contribution in [0.1, 0.15) is 4.88 Å². The molecule has 5 nitrogen and oxygen atoms in total. The van der Waals surface area contributed by atoms with Gasteiger partial charge in [-0.05, 0) is 29.8 Å². The van der Waals surface area contributed by atoms with Gasteiger partial charge in [0.05, 0.1) is 0 Å². The van der Waals surface area contributed by atoms with E-state index >= 15 is 0 Å². The number of hydrogen-bond acceptors (Lipinski definition) is 6. The van der Waals surface area contributed by atoms with Crippen LogP contribution in [0.5, 0.6) is 0 Å². The van der Waals surface area contributed by atoms with Crippen LogP contribution in [0.25, 0.3) is 10.4 Å². The van der Waals surface area contributed by atoms with Gasteiger partial charge in [0.15, 0.2) is 0 Å². The lowest BCUT2D eigenvalue weighted by atomic mass is 10.2. The Hall–Kier alpha value is -1.86. The zero-order chi connectivity index (χ0) is 18.8. The van der Waals surface area contributed by atoms with Crippen molar-refractivity contribution in [1.29, 1.82) is 0 Å². The number of anilines is 2. The van der Waals surface area contributed by atoms with E-state index in [1.807, 2.05) is 29.5 Å². The van der Waals surface area contributed by atoms with Crippen molar-refractivity contribution in [1.82, 2.24) is 14.9 Å². The Morgan fingerprint density at radius 1 is 1.00 bits per heavy atom. The molecule has 0 bridgehead atoms. The quantitative estimate of drug-likeness (QED) is 0.634. The molecule has 2 aromatic heterocycles. The molecule has 3 heterocycles. The fourth-order valence-electron chi connectivity index (χ4n) is 3.20. The lowest BCUT2D eigenvalue weighted by Gasteiger charge is -2.35. The maximum Gasteiger partial charge on any atom is 0.223 e. The Bertz CT molecular complexity index is 917. The first kappa shape index (κ1) is 18.5. The molecule has 1 aromatic carbocycles. The highest BCUT2D eigenvalue weighted by atomic mass is 35.5. The number of nitrogens with two attached hydrogens (primary N) is 1. The molecule has 8 heteroatoms. The maximum atomic E-state index is 6.11. The summed E-state index contributed by atoms with van der Waals surface area (Å²) in [6.07, 6.45) is 0. The van der Waals surface area contributed by atoms with E-state index in [4.69, 9.17) is 28.9 Å². The maximum absolute atomic E-state index is 6.11. The van der Waals surface area contributed by atoms with Crippen molar-refractivity contribution in [3.8, 4) is 10.4 Å². The first-order chi connectivity index (χ1) is 13.1. The van der Waals surface area contributed by atoms with Crippen molar-refractivity contribution < 1.29 is 0 Å². The first-order valence-corrected chi connectivity index (χ1v) is 10.3. The summed E-state index contributed by atoms with van der Waals surface area (Å²) in [5.41, 5.74) is 6.87. The molecule has 3 aromatic rings. The smallest absolute Gasteiger partial charge is 0.223 e. The lowest BCUT2D eigenvalue weighted by Crippen LogP contribution is -2.46. The summed E-state index contributed by atoms with van der Waals surface area (Å²) < 4.78 is 0. The number of benzene rings is 1. The molecule has 4 rings (SSSR count). The van der Waals surface area contributed by atoms with Crippen LogP contribution in [-0.2, 0) is 6.54 Å². The number of rotatable bonds is 4. The number of halogens is 2. The predicted octanol–water partition coefficient (Wildman–Crippen LogP) is 4.42. The molecule has 2 N–H and O–H groups in total. The molecule has 0 saturated carbocycles. The Balaban J connectivity index is 1.37. The van der Waals surface area contributed by atoms with Gasteiger partial charge in [0, 0.05) is 53.6 Å². The summed E-state index contributed by atoms with van der Waals surface area (Å²) in [6, 6.07) is 14.1. The minimum Gasteiger partial charge on any atom is -0.368 e. The van der Waals surface area contributed by atoms with Gasteiger partial charge in [-0.3, -0.25) is 4.90 Å². The SMILES string of the molecule is Nc1nc(Cl)cc(N2CCN(Cc3ccc(-c4cccc(Cl)c4)s3)CC2)n1. The molecular weight excluding hydrogens is 401 g/mol. The monoisotopic (exact) mass is 419 g/mol. The summed E-state index contributed by atoms with van der Waals surface area (Å²) in [5, 5.41) is 1.15. The second-order valence-corrected chi connectivity index (χ2v) is 8.44. The Morgan fingerprint density at radius 3 is 2.56 bits per heavy atom. The van der Waals surface area contributed by atoms with Crippen LogP contribution in [0.2, 0.25) is 10.2 Å². The van der Waals surface area contributed by atoms with Crippen LogP contribution < -0.4 is 10.6 Å². The lowest BCUT2D eigenvalue weighted by molar-refractivity contribution is 0.251. The molecule has 0 unspecified atom stereocenters. The molecule has 0 aliphatic carbocycles. The van der Waals surface area contributed by atoms with Crippen molar-refractivity contribution in [2.45, 2.75) is 6.54 Å². The van der Waals surface area contributed by atoms with Gasteiger partial charge in [0.2, 0.25) is 5.95 Å². The molecular formula is C19H19Cl2N5S. The summed E-state index contributed by atoms with van der Waals surface area (Å²) in [5.74, 6) is 1.01. The third-order valence-electron chi connectivity index (χ3n) is 4.55. The standard InChI is InChI=1S/C19H19Cl2N5S/c20-14-3-1-2-13(10-14)16-5-4-15(27-16)12-25-6-8-26(9-7-25)18-11-17(21)23-19(22)24-18/h1-5,10-11H,6-9,12H2,(H2,22,23,24). The Morgan fingerprint density at radius 2 is 1.81 bits per heavy atom. The summed E-state index contributed by atoms with van der Waals surface area (Å²) >= 11 is 13.9. The molecule has 0 radical (unpaired) electrons. The van der Waals surface area contributed by atoms with E-state index in [9.17, 15) is 0 Å². The van der Waals surface area contributed by atoms with E-state index in [2.05, 4.69) is 38.0 Å². The highest BCUT2D eigenvalue weighted by molar-refractivity contribution is 7.15. The van der Waals surface area contributed by atoms with Crippen LogP contribution in [0, 0.1) is 0 Å². The van der Waals surface area contributed by atoms with Gasteiger partial charge in [0.1, 0.15) is 11.0 Å². The first-order valence-electron chi connectivity index (χ1n) is 8.69. The molecule has 0 spiro atoms. The van der Waals surface area contributed by atoms with E-state index in [0.717, 1.165) is 43.6 Å². The Labute approximate surface area is 172 Å². The van der Waals surface area contributed by atoms with Crippen LogP contribution >= 0.6 is 34.5 Å². The second-order valence-electron chi connectivity index (χ2n) is 6.45. The van der Waals surface area contributed by atoms with E-state index in [-0.39, 0.29) is 5.95 Å². The zero-order valence-electron chi connectivity index (χ0n) is 14.6. The normalized spacial score (nSPS) is 15.3. The highest BCUT2D eigenvalue weighted by Crippen LogP contribution is 2.30. The van der Waals surface area contributed by atoms with Crippen LogP contribution in [0.15, 0.2) is 42.5 Å². The number of nitrogens with zero attached hydrogens (tertiary/aromatic N) is 4. The number of thiophene rings is 1. The van der Waals surface area contributed by atoms with Crippen molar-refractivity contribution >= 4 is 46.3 Å². The largest absolute Gasteiger partial charge is 0.368 e. The minimum absolute atomic E-state index is 0.215. The number of hydrogen-bond donors (Lipinski definition) is 1.